The number of hydrogen-bond acceptors (Lipinski definition) is 2. The van der Waals surface area contributed by atoms with E-state index in [1.165, 1.54) is 6.08 Å². The number of ether oxygens (including phenoxy) is 1. The second kappa shape index (κ2) is 8.18. The van der Waals surface area contributed by atoms with Crippen LogP contribution in [-0.2, 0) is 9.53 Å². The third-order valence-corrected chi connectivity index (χ3v) is 1.98. The van der Waals surface area contributed by atoms with E-state index in [1.807, 2.05) is 30.3 Å². The van der Waals surface area contributed by atoms with Gasteiger partial charge in [0.05, 0.1) is 6.61 Å². The summed E-state index contributed by atoms with van der Waals surface area (Å²) in [7, 11) is 0. The molecule has 0 aromatic heterocycles. The van der Waals surface area contributed by atoms with E-state index in [1.54, 1.807) is 13.0 Å². The normalized spacial score (nSPS) is 9.71. The highest BCUT2D eigenvalue weighted by Crippen LogP contribution is 1.96. The Morgan fingerprint density at radius 1 is 1.35 bits per heavy atom. The van der Waals surface area contributed by atoms with E-state index < -0.39 is 0 Å². The molecule has 1 rings (SSSR count). The number of esters is 1. The first-order valence-electron chi connectivity index (χ1n) is 5.70. The van der Waals surface area contributed by atoms with Gasteiger partial charge in [0.25, 0.3) is 0 Å². The Kier molecular flexibility index (Phi) is 6.28. The van der Waals surface area contributed by atoms with Gasteiger partial charge in [-0.15, -0.1) is 0 Å². The molecule has 0 amide bonds. The number of carbonyl (C=O) groups is 1. The van der Waals surface area contributed by atoms with Crippen molar-refractivity contribution >= 4 is 5.97 Å². The van der Waals surface area contributed by atoms with Crippen molar-refractivity contribution in [3.05, 3.63) is 48.0 Å². The lowest BCUT2D eigenvalue weighted by Crippen LogP contribution is -1.98. The minimum Gasteiger partial charge on any atom is -0.463 e. The van der Waals surface area contributed by atoms with Gasteiger partial charge in [-0.05, 0) is 25.5 Å². The molecule has 0 aliphatic heterocycles. The van der Waals surface area contributed by atoms with E-state index in [9.17, 15) is 4.79 Å². The molecule has 88 valence electrons. The van der Waals surface area contributed by atoms with E-state index in [0.717, 1.165) is 18.4 Å². The van der Waals surface area contributed by atoms with E-state index in [-0.39, 0.29) is 5.97 Å². The molecule has 0 saturated heterocycles. The highest BCUT2D eigenvalue weighted by atomic mass is 16.5. The molecule has 0 heterocycles. The van der Waals surface area contributed by atoms with Crippen LogP contribution in [0.5, 0.6) is 0 Å². The van der Waals surface area contributed by atoms with Crippen molar-refractivity contribution in [2.24, 2.45) is 0 Å². The van der Waals surface area contributed by atoms with Gasteiger partial charge in [-0.25, -0.2) is 4.79 Å². The molecule has 0 atom stereocenters. The van der Waals surface area contributed by atoms with Gasteiger partial charge in [-0.1, -0.05) is 36.1 Å². The van der Waals surface area contributed by atoms with Crippen LogP contribution in [0, 0.1) is 11.8 Å². The fourth-order valence-electron chi connectivity index (χ4n) is 1.21. The van der Waals surface area contributed by atoms with Crippen molar-refractivity contribution in [2.45, 2.75) is 19.8 Å². The first-order valence-corrected chi connectivity index (χ1v) is 5.70. The molecule has 17 heavy (non-hydrogen) atoms. The fourth-order valence-corrected chi connectivity index (χ4v) is 1.21. The molecule has 2 heteroatoms. The van der Waals surface area contributed by atoms with Crippen molar-refractivity contribution in [3.8, 4) is 11.8 Å². The second-order valence-corrected chi connectivity index (χ2v) is 3.36. The first kappa shape index (κ1) is 13.1. The minimum atomic E-state index is -0.288. The summed E-state index contributed by atoms with van der Waals surface area (Å²) in [6.45, 7) is 2.20. The summed E-state index contributed by atoms with van der Waals surface area (Å²) in [6.07, 6.45) is 4.74. The van der Waals surface area contributed by atoms with Crippen LogP contribution in [0.3, 0.4) is 0 Å². The third-order valence-electron chi connectivity index (χ3n) is 1.98. The zero-order chi connectivity index (χ0) is 12.3. The molecule has 0 fully saturated rings. The summed E-state index contributed by atoms with van der Waals surface area (Å²) in [5.74, 6) is 5.82. The van der Waals surface area contributed by atoms with E-state index in [2.05, 4.69) is 11.8 Å². The fraction of sp³-hybridized carbons (Fsp3) is 0.267. The predicted octanol–water partition coefficient (Wildman–Crippen LogP) is 2.94. The van der Waals surface area contributed by atoms with Crippen molar-refractivity contribution in [2.75, 3.05) is 6.61 Å². The highest BCUT2D eigenvalue weighted by molar-refractivity contribution is 5.81. The number of allylic oxidation sites excluding steroid dienone is 1. The minimum absolute atomic E-state index is 0.288. The van der Waals surface area contributed by atoms with Gasteiger partial charge in [-0.2, -0.15) is 0 Å². The maximum Gasteiger partial charge on any atom is 0.330 e. The molecule has 0 bridgehead atoms. The Morgan fingerprint density at radius 2 is 2.12 bits per heavy atom. The van der Waals surface area contributed by atoms with Gasteiger partial charge in [0.15, 0.2) is 0 Å². The van der Waals surface area contributed by atoms with E-state index in [0.29, 0.717) is 6.61 Å². The first-order chi connectivity index (χ1) is 8.33. The molecule has 0 unspecified atom stereocenters. The lowest BCUT2D eigenvalue weighted by molar-refractivity contribution is -0.137. The standard InChI is InChI=1S/C15H16O2/c1-2-17-15(16)13-9-4-3-6-10-14-11-7-5-8-12-14/h5,7-9,11-13H,2-4H2,1H3/b13-9+. The molecular weight excluding hydrogens is 212 g/mol. The molecule has 2 nitrogen and oxygen atoms in total. The van der Waals surface area contributed by atoms with Crippen molar-refractivity contribution in [3.63, 3.8) is 0 Å². The Balaban J connectivity index is 2.25. The summed E-state index contributed by atoms with van der Waals surface area (Å²) < 4.78 is 4.76. The van der Waals surface area contributed by atoms with Crippen molar-refractivity contribution < 1.29 is 9.53 Å². The van der Waals surface area contributed by atoms with E-state index >= 15 is 0 Å². The van der Waals surface area contributed by atoms with Gasteiger partial charge >= 0.3 is 5.97 Å². The van der Waals surface area contributed by atoms with Crippen LogP contribution >= 0.6 is 0 Å². The summed E-state index contributed by atoms with van der Waals surface area (Å²) in [6, 6.07) is 9.84. The molecule has 0 aliphatic carbocycles. The maximum absolute atomic E-state index is 11.0. The van der Waals surface area contributed by atoms with Crippen LogP contribution in [0.25, 0.3) is 0 Å². The smallest absolute Gasteiger partial charge is 0.330 e. The average molecular weight is 228 g/mol. The molecule has 0 aliphatic rings. The van der Waals surface area contributed by atoms with E-state index in [4.69, 9.17) is 4.74 Å². The molecule has 1 aromatic rings. The highest BCUT2D eigenvalue weighted by Gasteiger charge is 1.91. The molecule has 0 spiro atoms. The lowest BCUT2D eigenvalue weighted by atomic mass is 10.2. The van der Waals surface area contributed by atoms with Gasteiger partial charge in [0.1, 0.15) is 0 Å². The Hall–Kier alpha value is -2.01. The largest absolute Gasteiger partial charge is 0.463 e. The Morgan fingerprint density at radius 3 is 2.82 bits per heavy atom. The van der Waals surface area contributed by atoms with Gasteiger partial charge in [-0.3, -0.25) is 0 Å². The monoisotopic (exact) mass is 228 g/mol. The molecule has 0 radical (unpaired) electrons. The molecular formula is C15H16O2. The number of carbonyl (C=O) groups excluding carboxylic acids is 1. The van der Waals surface area contributed by atoms with Gasteiger partial charge < -0.3 is 4.74 Å². The van der Waals surface area contributed by atoms with Crippen LogP contribution in [0.15, 0.2) is 42.5 Å². The Labute approximate surface area is 102 Å². The average Bonchev–Trinajstić information content (AvgIpc) is 2.35. The topological polar surface area (TPSA) is 26.3 Å². The summed E-state index contributed by atoms with van der Waals surface area (Å²) in [5.41, 5.74) is 1.02. The summed E-state index contributed by atoms with van der Waals surface area (Å²) >= 11 is 0. The lowest BCUT2D eigenvalue weighted by Gasteiger charge is -1.93. The second-order valence-electron chi connectivity index (χ2n) is 3.36. The molecule has 0 N–H and O–H groups in total. The molecule has 0 saturated carbocycles. The SMILES string of the molecule is CCOC(=O)/C=C/CCC#Cc1ccccc1. The number of rotatable bonds is 4. The molecule has 1 aromatic carbocycles. The summed E-state index contributed by atoms with van der Waals surface area (Å²) in [4.78, 5) is 11.0. The third kappa shape index (κ3) is 6.21. The zero-order valence-electron chi connectivity index (χ0n) is 9.98. The van der Waals surface area contributed by atoms with Crippen molar-refractivity contribution in [1.29, 1.82) is 0 Å². The van der Waals surface area contributed by atoms with Crippen LogP contribution in [-0.4, -0.2) is 12.6 Å². The van der Waals surface area contributed by atoms with Gasteiger partial charge in [0.2, 0.25) is 0 Å². The maximum atomic E-state index is 11.0. The van der Waals surface area contributed by atoms with Crippen molar-refractivity contribution in [1.82, 2.24) is 0 Å². The number of hydrogen-bond donors (Lipinski definition) is 0. The quantitative estimate of drug-likeness (QED) is 0.343. The number of unbranched alkanes of at least 4 members (excludes halogenated alkanes) is 1. The van der Waals surface area contributed by atoms with Crippen LogP contribution in [0.1, 0.15) is 25.3 Å². The zero-order valence-corrected chi connectivity index (χ0v) is 9.98. The number of benzene rings is 1. The van der Waals surface area contributed by atoms with Crippen LogP contribution < -0.4 is 0 Å². The predicted molar refractivity (Wildman–Crippen MR) is 68.3 cm³/mol. The van der Waals surface area contributed by atoms with Crippen LogP contribution in [0.2, 0.25) is 0 Å². The Bertz CT molecular complexity index is 421. The summed E-state index contributed by atoms with van der Waals surface area (Å²) in [5, 5.41) is 0. The van der Waals surface area contributed by atoms with Gasteiger partial charge in [0, 0.05) is 18.1 Å². The van der Waals surface area contributed by atoms with Crippen LogP contribution in [0.4, 0.5) is 0 Å².